The highest BCUT2D eigenvalue weighted by atomic mass is 16.7. The maximum absolute atomic E-state index is 7.41. The SMILES string of the molecule is CC(B1OC(C)(C)C(C)(C)O1)N(Cc1ccccn1)N=N. The maximum Gasteiger partial charge on any atom is 0.483 e. The molecule has 1 unspecified atom stereocenters. The fourth-order valence-electron chi connectivity index (χ4n) is 2.15. The van der Waals surface area contributed by atoms with Crippen LogP contribution in [0.4, 0.5) is 0 Å². The normalized spacial score (nSPS) is 21.1. The average molecular weight is 290 g/mol. The summed E-state index contributed by atoms with van der Waals surface area (Å²) in [6.07, 6.45) is 1.73. The number of aromatic nitrogens is 1. The lowest BCUT2D eigenvalue weighted by Gasteiger charge is -2.32. The summed E-state index contributed by atoms with van der Waals surface area (Å²) in [6.45, 7) is 10.5. The molecule has 114 valence electrons. The summed E-state index contributed by atoms with van der Waals surface area (Å²) in [7, 11) is -0.423. The molecular weight excluding hydrogens is 267 g/mol. The second kappa shape index (κ2) is 5.73. The highest BCUT2D eigenvalue weighted by Crippen LogP contribution is 2.38. The lowest BCUT2D eigenvalue weighted by Crippen LogP contribution is -2.43. The molecule has 2 rings (SSSR count). The van der Waals surface area contributed by atoms with Crippen molar-refractivity contribution in [2.75, 3.05) is 0 Å². The Labute approximate surface area is 126 Å². The van der Waals surface area contributed by atoms with Gasteiger partial charge in [-0.05, 0) is 46.8 Å². The Balaban J connectivity index is 2.08. The van der Waals surface area contributed by atoms with Gasteiger partial charge in [-0.2, -0.15) is 5.53 Å². The van der Waals surface area contributed by atoms with Crippen LogP contribution in [0.3, 0.4) is 0 Å². The highest BCUT2D eigenvalue weighted by Gasteiger charge is 2.54. The van der Waals surface area contributed by atoms with Crippen molar-refractivity contribution >= 4 is 7.12 Å². The van der Waals surface area contributed by atoms with Crippen molar-refractivity contribution in [3.8, 4) is 0 Å². The van der Waals surface area contributed by atoms with E-state index in [9.17, 15) is 0 Å². The number of rotatable bonds is 5. The van der Waals surface area contributed by atoms with Crippen molar-refractivity contribution in [2.24, 2.45) is 5.22 Å². The summed E-state index contributed by atoms with van der Waals surface area (Å²) < 4.78 is 12.0. The molecule has 7 heteroatoms. The summed E-state index contributed by atoms with van der Waals surface area (Å²) in [5.74, 6) is -0.175. The molecule has 21 heavy (non-hydrogen) atoms. The predicted octanol–water partition coefficient (Wildman–Crippen LogP) is 2.85. The van der Waals surface area contributed by atoms with Gasteiger partial charge in [0.05, 0.1) is 29.4 Å². The van der Waals surface area contributed by atoms with E-state index in [1.807, 2.05) is 52.8 Å². The van der Waals surface area contributed by atoms with E-state index >= 15 is 0 Å². The van der Waals surface area contributed by atoms with E-state index in [0.29, 0.717) is 6.54 Å². The van der Waals surface area contributed by atoms with E-state index in [4.69, 9.17) is 14.8 Å². The van der Waals surface area contributed by atoms with Crippen molar-refractivity contribution in [1.82, 2.24) is 9.99 Å². The minimum absolute atomic E-state index is 0.175. The monoisotopic (exact) mass is 290 g/mol. The number of nitrogens with zero attached hydrogens (tertiary/aromatic N) is 3. The van der Waals surface area contributed by atoms with Gasteiger partial charge in [0.15, 0.2) is 0 Å². The predicted molar refractivity (Wildman–Crippen MR) is 80.5 cm³/mol. The fraction of sp³-hybridized carbons (Fsp3) is 0.643. The van der Waals surface area contributed by atoms with Gasteiger partial charge < -0.3 is 9.31 Å². The topological polar surface area (TPSA) is 70.8 Å². The summed E-state index contributed by atoms with van der Waals surface area (Å²) in [4.78, 5) is 4.27. The standard InChI is InChI=1S/C14H23BN4O2/c1-11(15-20-13(2,3)14(4,5)21-15)19(18-16)10-12-8-6-7-9-17-12/h6-9,11,16H,10H2,1-5H3. The molecule has 1 aliphatic rings. The third kappa shape index (κ3) is 3.24. The third-order valence-electron chi connectivity index (χ3n) is 4.31. The minimum atomic E-state index is -0.423. The number of nitrogens with one attached hydrogen (secondary N) is 1. The molecule has 6 nitrogen and oxygen atoms in total. The molecule has 1 saturated heterocycles. The van der Waals surface area contributed by atoms with Crippen LogP contribution >= 0.6 is 0 Å². The average Bonchev–Trinajstić information content (AvgIpc) is 2.65. The third-order valence-corrected chi connectivity index (χ3v) is 4.31. The van der Waals surface area contributed by atoms with E-state index in [2.05, 4.69) is 10.2 Å². The summed E-state index contributed by atoms with van der Waals surface area (Å²) in [6, 6.07) is 5.70. The van der Waals surface area contributed by atoms with Crippen molar-refractivity contribution in [1.29, 1.82) is 5.53 Å². The molecule has 0 spiro atoms. The largest absolute Gasteiger partial charge is 0.483 e. The van der Waals surface area contributed by atoms with Gasteiger partial charge in [0.25, 0.3) is 0 Å². The van der Waals surface area contributed by atoms with E-state index in [0.717, 1.165) is 5.69 Å². The van der Waals surface area contributed by atoms with Crippen LogP contribution in [0.1, 0.15) is 40.3 Å². The maximum atomic E-state index is 7.41. The molecule has 0 aromatic carbocycles. The van der Waals surface area contributed by atoms with Crippen LogP contribution in [0.5, 0.6) is 0 Å². The van der Waals surface area contributed by atoms with Crippen LogP contribution in [0, 0.1) is 5.53 Å². The van der Waals surface area contributed by atoms with Crippen LogP contribution in [-0.2, 0) is 15.9 Å². The van der Waals surface area contributed by atoms with Gasteiger partial charge in [-0.25, -0.2) is 0 Å². The molecule has 1 atom stereocenters. The van der Waals surface area contributed by atoms with Crippen LogP contribution < -0.4 is 0 Å². The molecule has 0 bridgehead atoms. The van der Waals surface area contributed by atoms with Crippen molar-refractivity contribution in [3.05, 3.63) is 30.1 Å². The molecule has 1 fully saturated rings. The lowest BCUT2D eigenvalue weighted by atomic mass is 9.79. The molecule has 0 saturated carbocycles. The van der Waals surface area contributed by atoms with Gasteiger partial charge in [0.2, 0.25) is 0 Å². The fourth-order valence-corrected chi connectivity index (χ4v) is 2.15. The Hall–Kier alpha value is -1.47. The zero-order valence-electron chi connectivity index (χ0n) is 13.3. The summed E-state index contributed by atoms with van der Waals surface area (Å²) in [5, 5.41) is 5.24. The molecule has 1 aliphatic heterocycles. The lowest BCUT2D eigenvalue weighted by molar-refractivity contribution is 0.00578. The van der Waals surface area contributed by atoms with Gasteiger partial charge in [0, 0.05) is 6.20 Å². The van der Waals surface area contributed by atoms with Crippen molar-refractivity contribution < 1.29 is 9.31 Å². The first-order valence-electron chi connectivity index (χ1n) is 7.16. The second-order valence-electron chi connectivity index (χ2n) is 6.38. The molecule has 1 aromatic rings. The van der Waals surface area contributed by atoms with Crippen LogP contribution in [0.2, 0.25) is 0 Å². The second-order valence-corrected chi connectivity index (χ2v) is 6.38. The molecule has 2 heterocycles. The van der Waals surface area contributed by atoms with Gasteiger partial charge in [0.1, 0.15) is 0 Å². The minimum Gasteiger partial charge on any atom is -0.402 e. The summed E-state index contributed by atoms with van der Waals surface area (Å²) in [5.41, 5.74) is 7.50. The Morgan fingerprint density at radius 2 is 1.90 bits per heavy atom. The molecule has 0 amide bonds. The van der Waals surface area contributed by atoms with E-state index in [-0.39, 0.29) is 17.1 Å². The smallest absolute Gasteiger partial charge is 0.402 e. The van der Waals surface area contributed by atoms with E-state index in [1.54, 1.807) is 11.2 Å². The molecule has 1 aromatic heterocycles. The number of hydrogen-bond acceptors (Lipinski definition) is 5. The van der Waals surface area contributed by atoms with Gasteiger partial charge in [-0.1, -0.05) is 11.3 Å². The van der Waals surface area contributed by atoms with E-state index in [1.165, 1.54) is 0 Å². The Morgan fingerprint density at radius 1 is 1.29 bits per heavy atom. The Bertz CT molecular complexity index is 479. The first-order valence-corrected chi connectivity index (χ1v) is 7.16. The van der Waals surface area contributed by atoms with Crippen molar-refractivity contribution in [2.45, 2.75) is 58.3 Å². The molecule has 0 radical (unpaired) electrons. The van der Waals surface area contributed by atoms with Crippen LogP contribution in [0.15, 0.2) is 29.6 Å². The van der Waals surface area contributed by atoms with E-state index < -0.39 is 7.12 Å². The van der Waals surface area contributed by atoms with Crippen molar-refractivity contribution in [3.63, 3.8) is 0 Å². The first-order chi connectivity index (χ1) is 9.77. The number of pyridine rings is 1. The van der Waals surface area contributed by atoms with Crippen LogP contribution in [-0.4, -0.2) is 34.3 Å². The van der Waals surface area contributed by atoms with Gasteiger partial charge in [-0.3, -0.25) is 9.99 Å². The van der Waals surface area contributed by atoms with Gasteiger partial charge in [-0.15, -0.1) is 0 Å². The van der Waals surface area contributed by atoms with Crippen LogP contribution in [0.25, 0.3) is 0 Å². The zero-order chi connectivity index (χ0) is 15.7. The molecular formula is C14H23BN4O2. The first kappa shape index (κ1) is 15.9. The van der Waals surface area contributed by atoms with Gasteiger partial charge >= 0.3 is 7.12 Å². The quantitative estimate of drug-likeness (QED) is 0.514. The Morgan fingerprint density at radius 3 is 2.38 bits per heavy atom. The molecule has 0 aliphatic carbocycles. The Kier molecular flexibility index (Phi) is 4.34. The molecule has 1 N–H and O–H groups in total. The number of hydrogen-bond donors (Lipinski definition) is 1. The highest BCUT2D eigenvalue weighted by molar-refractivity contribution is 6.47. The zero-order valence-corrected chi connectivity index (χ0v) is 13.3. The summed E-state index contributed by atoms with van der Waals surface area (Å²) >= 11 is 0.